The first-order valence-corrected chi connectivity index (χ1v) is 7.91. The number of aliphatic hydroxyl groups is 1. The van der Waals surface area contributed by atoms with Gasteiger partial charge >= 0.3 is 12.2 Å². The van der Waals surface area contributed by atoms with Crippen LogP contribution in [0.25, 0.3) is 0 Å². The van der Waals surface area contributed by atoms with E-state index in [1.54, 1.807) is 0 Å². The van der Waals surface area contributed by atoms with Crippen molar-refractivity contribution < 1.29 is 46.4 Å². The van der Waals surface area contributed by atoms with Crippen molar-refractivity contribution in [1.29, 1.82) is 0 Å². The van der Waals surface area contributed by atoms with Gasteiger partial charge in [0, 0.05) is 11.9 Å². The van der Waals surface area contributed by atoms with Crippen LogP contribution in [-0.2, 0) is 11.2 Å². The quantitative estimate of drug-likeness (QED) is 0.776. The number of aliphatic hydroxyl groups excluding tert-OH is 1. The minimum atomic E-state index is -4.92. The molecule has 0 bridgehead atoms. The number of carboxylic acid groups (broad SMARTS) is 1. The lowest BCUT2D eigenvalue weighted by molar-refractivity contribution is -0.391. The minimum Gasteiger partial charge on any atom is -0.550 e. The highest BCUT2D eigenvalue weighted by Gasteiger charge is 2.65. The van der Waals surface area contributed by atoms with Crippen molar-refractivity contribution in [2.75, 3.05) is 0 Å². The Morgan fingerprint density at radius 1 is 1.00 bits per heavy atom. The maximum Gasteiger partial charge on any atom is 0.507 e. The molecule has 5 nitrogen and oxygen atoms in total. The molecule has 1 N–H and O–H groups in total. The number of rotatable bonds is 5. The number of hydrogen-bond acceptors (Lipinski definition) is 5. The molecule has 1 heterocycles. The lowest BCUT2D eigenvalue weighted by atomic mass is 9.89. The second kappa shape index (κ2) is 6.93. The summed E-state index contributed by atoms with van der Waals surface area (Å²) in [6, 6.07) is 7.41. The summed E-state index contributed by atoms with van der Waals surface area (Å²) < 4.78 is 73.8. The first-order chi connectivity index (χ1) is 13.0. The first kappa shape index (κ1) is 19.9. The largest absolute Gasteiger partial charge is 0.550 e. The molecule has 2 unspecified atom stereocenters. The number of carboxylic acids is 1. The topological polar surface area (TPSA) is 78.8 Å². The SMILES string of the molecule is O=C([O-])C(Cc1ccc2c(c1)OC(F)(F)C(F)(F)O2)C(O)c1ccc(F)cc1. The molecule has 0 amide bonds. The van der Waals surface area contributed by atoms with Gasteiger partial charge in [0.15, 0.2) is 11.5 Å². The summed E-state index contributed by atoms with van der Waals surface area (Å²) in [5, 5.41) is 21.7. The van der Waals surface area contributed by atoms with E-state index in [0.717, 1.165) is 30.3 Å². The van der Waals surface area contributed by atoms with E-state index < -0.39 is 53.9 Å². The highest BCUT2D eigenvalue weighted by atomic mass is 19.3. The van der Waals surface area contributed by atoms with Crippen LogP contribution in [0.5, 0.6) is 11.5 Å². The first-order valence-electron chi connectivity index (χ1n) is 7.91. The second-order valence-electron chi connectivity index (χ2n) is 6.14. The molecule has 1 aliphatic rings. The summed E-state index contributed by atoms with van der Waals surface area (Å²) in [6.45, 7) is 0. The zero-order valence-corrected chi connectivity index (χ0v) is 13.9. The zero-order valence-electron chi connectivity index (χ0n) is 13.9. The van der Waals surface area contributed by atoms with Crippen molar-refractivity contribution >= 4 is 5.97 Å². The zero-order chi connectivity index (χ0) is 20.7. The number of fused-ring (bicyclic) bond motifs is 1. The Kier molecular flexibility index (Phi) is 4.92. The number of alkyl halides is 4. The average molecular weight is 403 g/mol. The van der Waals surface area contributed by atoms with Crippen molar-refractivity contribution in [2.24, 2.45) is 5.92 Å². The Balaban J connectivity index is 1.85. The number of benzene rings is 2. The summed E-state index contributed by atoms with van der Waals surface area (Å²) in [4.78, 5) is 11.4. The lowest BCUT2D eigenvalue weighted by Crippen LogP contribution is -2.52. The fourth-order valence-corrected chi connectivity index (χ4v) is 2.71. The normalized spacial score (nSPS) is 18.9. The van der Waals surface area contributed by atoms with Crippen LogP contribution in [-0.4, -0.2) is 23.3 Å². The van der Waals surface area contributed by atoms with E-state index in [1.165, 1.54) is 12.1 Å². The van der Waals surface area contributed by atoms with Crippen molar-refractivity contribution in [3.05, 3.63) is 59.4 Å². The van der Waals surface area contributed by atoms with Gasteiger partial charge in [-0.05, 0) is 41.8 Å². The van der Waals surface area contributed by atoms with Gasteiger partial charge in [0.25, 0.3) is 0 Å². The molecule has 0 spiro atoms. The van der Waals surface area contributed by atoms with Gasteiger partial charge in [0.2, 0.25) is 0 Å². The van der Waals surface area contributed by atoms with Crippen LogP contribution in [0.3, 0.4) is 0 Å². The van der Waals surface area contributed by atoms with Crippen LogP contribution in [0.15, 0.2) is 42.5 Å². The van der Waals surface area contributed by atoms with Gasteiger partial charge in [-0.2, -0.15) is 17.6 Å². The van der Waals surface area contributed by atoms with Crippen molar-refractivity contribution in [3.63, 3.8) is 0 Å². The molecule has 3 rings (SSSR count). The Labute approximate surface area is 154 Å². The molecule has 150 valence electrons. The monoisotopic (exact) mass is 403 g/mol. The van der Waals surface area contributed by atoms with Crippen LogP contribution in [0, 0.1) is 11.7 Å². The molecule has 2 atom stereocenters. The third-order valence-corrected chi connectivity index (χ3v) is 4.17. The molecule has 2 aromatic rings. The molecule has 0 aromatic heterocycles. The van der Waals surface area contributed by atoms with E-state index in [-0.39, 0.29) is 11.1 Å². The van der Waals surface area contributed by atoms with Crippen LogP contribution >= 0.6 is 0 Å². The van der Waals surface area contributed by atoms with Gasteiger partial charge in [0.05, 0.1) is 6.10 Å². The molecule has 2 aromatic carbocycles. The molecule has 10 heteroatoms. The van der Waals surface area contributed by atoms with E-state index in [0.29, 0.717) is 0 Å². The van der Waals surface area contributed by atoms with Gasteiger partial charge in [-0.1, -0.05) is 18.2 Å². The summed E-state index contributed by atoms with van der Waals surface area (Å²) >= 11 is 0. The molecular weight excluding hydrogens is 391 g/mol. The van der Waals surface area contributed by atoms with Gasteiger partial charge < -0.3 is 24.5 Å². The van der Waals surface area contributed by atoms with Gasteiger partial charge in [-0.25, -0.2) is 4.39 Å². The molecule has 1 aliphatic heterocycles. The third kappa shape index (κ3) is 3.72. The Bertz CT molecular complexity index is 884. The van der Waals surface area contributed by atoms with E-state index in [1.807, 2.05) is 0 Å². The Hall–Kier alpha value is -2.88. The van der Waals surface area contributed by atoms with E-state index in [9.17, 15) is 37.0 Å². The summed E-state index contributed by atoms with van der Waals surface area (Å²) in [5.74, 6) is -5.13. The molecule has 0 fully saturated rings. The summed E-state index contributed by atoms with van der Waals surface area (Å²) in [5.41, 5.74) is 0.179. The highest BCUT2D eigenvalue weighted by Crippen LogP contribution is 2.47. The van der Waals surface area contributed by atoms with Crippen LogP contribution < -0.4 is 14.6 Å². The average Bonchev–Trinajstić information content (AvgIpc) is 2.60. The van der Waals surface area contributed by atoms with E-state index >= 15 is 0 Å². The Morgan fingerprint density at radius 3 is 2.14 bits per heavy atom. The third-order valence-electron chi connectivity index (χ3n) is 4.17. The van der Waals surface area contributed by atoms with Crippen LogP contribution in [0.4, 0.5) is 22.0 Å². The van der Waals surface area contributed by atoms with Gasteiger partial charge in [-0.15, -0.1) is 0 Å². The van der Waals surface area contributed by atoms with Crippen molar-refractivity contribution in [1.82, 2.24) is 0 Å². The fourth-order valence-electron chi connectivity index (χ4n) is 2.71. The van der Waals surface area contributed by atoms with Crippen LogP contribution in [0.2, 0.25) is 0 Å². The smallest absolute Gasteiger partial charge is 0.507 e. The molecular formula is C18H12F5O5-. The maximum atomic E-state index is 13.3. The summed E-state index contributed by atoms with van der Waals surface area (Å²) in [6.07, 6.45) is -11.8. The number of hydrogen-bond donors (Lipinski definition) is 1. The van der Waals surface area contributed by atoms with Gasteiger partial charge in [-0.3, -0.25) is 0 Å². The minimum absolute atomic E-state index is 0.0822. The van der Waals surface area contributed by atoms with E-state index in [4.69, 9.17) is 0 Å². The predicted molar refractivity (Wildman–Crippen MR) is 81.2 cm³/mol. The number of carbonyl (C=O) groups excluding carboxylic acids is 1. The van der Waals surface area contributed by atoms with Crippen molar-refractivity contribution in [3.8, 4) is 11.5 Å². The second-order valence-corrected chi connectivity index (χ2v) is 6.14. The number of carbonyl (C=O) groups is 1. The predicted octanol–water partition coefficient (Wildman–Crippen LogP) is 2.42. The molecule has 0 aliphatic carbocycles. The number of ether oxygens (including phenoxy) is 2. The summed E-state index contributed by atoms with van der Waals surface area (Å²) in [7, 11) is 0. The molecule has 0 saturated heterocycles. The number of halogens is 5. The Morgan fingerprint density at radius 2 is 1.57 bits per heavy atom. The standard InChI is InChI=1S/C18H13F5O5/c19-11-4-2-10(3-5-11)15(24)12(16(25)26)7-9-1-6-13-14(8-9)28-18(22,23)17(20,21)27-13/h1-6,8,12,15,24H,7H2,(H,25,26)/p-1. The van der Waals surface area contributed by atoms with E-state index in [2.05, 4.69) is 9.47 Å². The van der Waals surface area contributed by atoms with Crippen LogP contribution in [0.1, 0.15) is 17.2 Å². The van der Waals surface area contributed by atoms with Crippen molar-refractivity contribution in [2.45, 2.75) is 24.7 Å². The lowest BCUT2D eigenvalue weighted by Gasteiger charge is -2.32. The molecule has 0 saturated carbocycles. The maximum absolute atomic E-state index is 13.3. The molecule has 0 radical (unpaired) electrons. The number of aliphatic carboxylic acids is 1. The van der Waals surface area contributed by atoms with Gasteiger partial charge in [0.1, 0.15) is 5.82 Å². The highest BCUT2D eigenvalue weighted by molar-refractivity contribution is 5.69. The molecule has 28 heavy (non-hydrogen) atoms. The fraction of sp³-hybridized carbons (Fsp3) is 0.278.